The second-order valence-electron chi connectivity index (χ2n) is 9.47. The van der Waals surface area contributed by atoms with Gasteiger partial charge < -0.3 is 19.7 Å². The van der Waals surface area contributed by atoms with Gasteiger partial charge >= 0.3 is 5.97 Å². The van der Waals surface area contributed by atoms with Gasteiger partial charge in [-0.05, 0) is 63.3 Å². The number of nitrogens with one attached hydrogen (secondary N) is 1. The number of aliphatic hydroxyl groups is 1. The lowest BCUT2D eigenvalue weighted by Crippen LogP contribution is -2.39. The molecule has 10 heteroatoms. The van der Waals surface area contributed by atoms with E-state index in [0.29, 0.717) is 33.1 Å². The van der Waals surface area contributed by atoms with Crippen LogP contribution in [0.3, 0.4) is 0 Å². The first-order valence-electron chi connectivity index (χ1n) is 12.9. The molecular weight excluding hydrogens is 546 g/mol. The van der Waals surface area contributed by atoms with Crippen molar-refractivity contribution in [2.75, 3.05) is 6.61 Å². The van der Waals surface area contributed by atoms with Crippen molar-refractivity contribution in [2.24, 2.45) is 0 Å². The summed E-state index contributed by atoms with van der Waals surface area (Å²) < 4.78 is 17.1. The molecule has 1 heterocycles. The van der Waals surface area contributed by atoms with Gasteiger partial charge in [0, 0.05) is 18.2 Å². The van der Waals surface area contributed by atoms with Gasteiger partial charge in [-0.2, -0.15) is 0 Å². The zero-order valence-corrected chi connectivity index (χ0v) is 23.0. The highest BCUT2D eigenvalue weighted by Crippen LogP contribution is 2.35. The Balaban J connectivity index is 1.38. The van der Waals surface area contributed by atoms with Gasteiger partial charge in [0.05, 0.1) is 11.6 Å². The molecule has 4 aromatic carbocycles. The summed E-state index contributed by atoms with van der Waals surface area (Å²) in [5, 5.41) is 29.6. The van der Waals surface area contributed by atoms with Gasteiger partial charge in [-0.1, -0.05) is 66.2 Å². The number of carboxylic acid groups (broad SMARTS) is 1. The fraction of sp³-hybridized carbons (Fsp3) is 0.194. The second-order valence-corrected chi connectivity index (χ2v) is 9.87. The quantitative estimate of drug-likeness (QED) is 0.176. The van der Waals surface area contributed by atoms with Gasteiger partial charge in [0.1, 0.15) is 41.8 Å². The Morgan fingerprint density at radius 1 is 0.927 bits per heavy atom. The van der Waals surface area contributed by atoms with E-state index in [2.05, 4.69) is 40.8 Å². The van der Waals surface area contributed by atoms with E-state index >= 15 is 0 Å². The Morgan fingerprint density at radius 3 is 2.49 bits per heavy atom. The molecule has 1 unspecified atom stereocenters. The zero-order valence-electron chi connectivity index (χ0n) is 22.2. The SMILES string of the molecule is Cc1c(COc2cc(OCc3ccc4nonc4c3)c(CNC(CO)C(=O)O)cc2Cl)cccc1-c1ccccc1. The van der Waals surface area contributed by atoms with E-state index in [0.717, 1.165) is 27.8 Å². The number of halogens is 1. The van der Waals surface area contributed by atoms with Crippen LogP contribution < -0.4 is 14.8 Å². The average molecular weight is 574 g/mol. The van der Waals surface area contributed by atoms with Gasteiger partial charge in [0.25, 0.3) is 0 Å². The molecule has 0 fully saturated rings. The molecule has 0 bridgehead atoms. The van der Waals surface area contributed by atoms with Gasteiger partial charge in [-0.3, -0.25) is 10.1 Å². The number of hydrogen-bond acceptors (Lipinski definition) is 8. The van der Waals surface area contributed by atoms with E-state index in [1.807, 2.05) is 42.5 Å². The Morgan fingerprint density at radius 2 is 1.71 bits per heavy atom. The highest BCUT2D eigenvalue weighted by Gasteiger charge is 2.18. The monoisotopic (exact) mass is 573 g/mol. The Kier molecular flexibility index (Phi) is 8.79. The Hall–Kier alpha value is -4.44. The van der Waals surface area contributed by atoms with Crippen LogP contribution in [0.1, 0.15) is 22.3 Å². The molecule has 0 spiro atoms. The molecule has 210 valence electrons. The molecule has 0 radical (unpaired) electrons. The number of hydrogen-bond donors (Lipinski definition) is 3. The minimum absolute atomic E-state index is 0.0946. The van der Waals surface area contributed by atoms with E-state index in [-0.39, 0.29) is 19.8 Å². The van der Waals surface area contributed by atoms with E-state index in [4.69, 9.17) is 25.7 Å². The van der Waals surface area contributed by atoms with Crippen LogP contribution >= 0.6 is 11.6 Å². The molecule has 0 saturated heterocycles. The lowest BCUT2D eigenvalue weighted by atomic mass is 9.97. The van der Waals surface area contributed by atoms with E-state index in [1.54, 1.807) is 18.2 Å². The summed E-state index contributed by atoms with van der Waals surface area (Å²) in [6.45, 7) is 2.07. The maximum atomic E-state index is 11.4. The number of ether oxygens (including phenoxy) is 2. The lowest BCUT2D eigenvalue weighted by Gasteiger charge is -2.18. The van der Waals surface area contributed by atoms with Crippen molar-refractivity contribution in [2.45, 2.75) is 32.7 Å². The Labute approximate surface area is 241 Å². The molecule has 1 aromatic heterocycles. The minimum Gasteiger partial charge on any atom is -0.488 e. The van der Waals surface area contributed by atoms with Crippen molar-refractivity contribution < 1.29 is 29.1 Å². The number of carboxylic acids is 1. The fourth-order valence-electron chi connectivity index (χ4n) is 4.43. The van der Waals surface area contributed by atoms with Crippen molar-refractivity contribution in [3.8, 4) is 22.6 Å². The number of fused-ring (bicyclic) bond motifs is 1. The van der Waals surface area contributed by atoms with Crippen LogP contribution in [0.5, 0.6) is 11.5 Å². The topological polar surface area (TPSA) is 127 Å². The molecule has 9 nitrogen and oxygen atoms in total. The van der Waals surface area contributed by atoms with Crippen LogP contribution in [-0.2, 0) is 24.6 Å². The van der Waals surface area contributed by atoms with Crippen molar-refractivity contribution in [3.63, 3.8) is 0 Å². The first-order valence-corrected chi connectivity index (χ1v) is 13.3. The summed E-state index contributed by atoms with van der Waals surface area (Å²) in [5.74, 6) is -0.293. The first kappa shape index (κ1) is 28.1. The lowest BCUT2D eigenvalue weighted by molar-refractivity contribution is -0.140. The predicted octanol–water partition coefficient (Wildman–Crippen LogP) is 5.54. The van der Waals surface area contributed by atoms with Gasteiger partial charge in [0.2, 0.25) is 0 Å². The van der Waals surface area contributed by atoms with Crippen molar-refractivity contribution >= 4 is 28.6 Å². The summed E-state index contributed by atoms with van der Waals surface area (Å²) >= 11 is 6.62. The zero-order chi connectivity index (χ0) is 28.8. The largest absolute Gasteiger partial charge is 0.488 e. The summed E-state index contributed by atoms with van der Waals surface area (Å²) in [6, 6.07) is 23.9. The number of aromatic nitrogens is 2. The van der Waals surface area contributed by atoms with E-state index in [1.165, 1.54) is 0 Å². The highest BCUT2D eigenvalue weighted by atomic mass is 35.5. The molecule has 0 aliphatic heterocycles. The first-order chi connectivity index (χ1) is 19.9. The summed E-state index contributed by atoms with van der Waals surface area (Å²) in [5.41, 5.74) is 7.04. The summed E-state index contributed by atoms with van der Waals surface area (Å²) in [7, 11) is 0. The molecule has 1 atom stereocenters. The third kappa shape index (κ3) is 6.66. The number of aliphatic hydroxyl groups excluding tert-OH is 1. The van der Waals surface area contributed by atoms with Crippen LogP contribution in [0.25, 0.3) is 22.2 Å². The average Bonchev–Trinajstić information content (AvgIpc) is 3.45. The van der Waals surface area contributed by atoms with Gasteiger partial charge in [-0.25, -0.2) is 4.63 Å². The summed E-state index contributed by atoms with van der Waals surface area (Å²) in [6.07, 6.45) is 0. The highest BCUT2D eigenvalue weighted by molar-refractivity contribution is 6.32. The number of rotatable bonds is 12. The molecular formula is C31H28ClN3O6. The molecule has 0 aliphatic rings. The molecule has 41 heavy (non-hydrogen) atoms. The second kappa shape index (κ2) is 12.8. The van der Waals surface area contributed by atoms with Gasteiger partial charge in [0.15, 0.2) is 0 Å². The number of benzene rings is 4. The van der Waals surface area contributed by atoms with E-state index < -0.39 is 18.6 Å². The van der Waals surface area contributed by atoms with Crippen LogP contribution in [0.2, 0.25) is 5.02 Å². The summed E-state index contributed by atoms with van der Waals surface area (Å²) in [4.78, 5) is 11.4. The van der Waals surface area contributed by atoms with Crippen molar-refractivity contribution in [3.05, 3.63) is 106 Å². The normalized spacial score (nSPS) is 11.9. The van der Waals surface area contributed by atoms with Crippen LogP contribution in [0.4, 0.5) is 0 Å². The predicted molar refractivity (Wildman–Crippen MR) is 154 cm³/mol. The van der Waals surface area contributed by atoms with E-state index in [9.17, 15) is 15.0 Å². The van der Waals surface area contributed by atoms with Crippen LogP contribution in [0.15, 0.2) is 83.5 Å². The molecule has 0 amide bonds. The number of nitrogens with zero attached hydrogens (tertiary/aromatic N) is 2. The maximum absolute atomic E-state index is 11.4. The molecule has 5 rings (SSSR count). The standard InChI is InChI=1S/C31H28ClN3O6/c1-19-22(8-5-9-24(19)21-6-3-2-4-7-21)18-40-30-14-29(23(13-25(30)32)15-33-28(16-36)31(37)38)39-17-20-10-11-26-27(12-20)35-41-34-26/h2-14,28,33,36H,15-18H2,1H3,(H,37,38). The van der Waals surface area contributed by atoms with Gasteiger partial charge in [-0.15, -0.1) is 0 Å². The Bertz CT molecular complexity index is 1660. The number of aliphatic carboxylic acids is 1. The van der Waals surface area contributed by atoms with Crippen LogP contribution in [0, 0.1) is 6.92 Å². The molecule has 0 aliphatic carbocycles. The smallest absolute Gasteiger partial charge is 0.323 e. The van der Waals surface area contributed by atoms with Crippen molar-refractivity contribution in [1.29, 1.82) is 0 Å². The minimum atomic E-state index is -1.16. The molecule has 0 saturated carbocycles. The number of carbonyl (C=O) groups is 1. The third-order valence-electron chi connectivity index (χ3n) is 6.76. The third-order valence-corrected chi connectivity index (χ3v) is 7.06. The van der Waals surface area contributed by atoms with Crippen LogP contribution in [-0.4, -0.2) is 39.1 Å². The maximum Gasteiger partial charge on any atom is 0.323 e. The molecule has 3 N–H and O–H groups in total. The fourth-order valence-corrected chi connectivity index (χ4v) is 4.67. The molecule has 5 aromatic rings. The van der Waals surface area contributed by atoms with Crippen molar-refractivity contribution in [1.82, 2.24) is 15.6 Å².